The van der Waals surface area contributed by atoms with E-state index in [-0.39, 0.29) is 16.9 Å². The van der Waals surface area contributed by atoms with Gasteiger partial charge in [-0.25, -0.2) is 4.79 Å². The number of para-hydroxylation sites is 1. The lowest BCUT2D eigenvalue weighted by atomic mass is 10.2. The molecule has 0 unspecified atom stereocenters. The molecule has 0 aliphatic carbocycles. The first-order valence-corrected chi connectivity index (χ1v) is 6.56. The zero-order valence-electron chi connectivity index (χ0n) is 10.0. The van der Waals surface area contributed by atoms with Gasteiger partial charge in [-0.3, -0.25) is 4.55 Å². The van der Waals surface area contributed by atoms with Gasteiger partial charge in [-0.1, -0.05) is 18.7 Å². The van der Waals surface area contributed by atoms with E-state index in [1.54, 1.807) is 0 Å². The van der Waals surface area contributed by atoms with Gasteiger partial charge in [0.05, 0.1) is 5.41 Å². The highest BCUT2D eigenvalue weighted by Gasteiger charge is 2.11. The van der Waals surface area contributed by atoms with Crippen molar-refractivity contribution in [2.45, 2.75) is 6.92 Å². The predicted octanol–water partition coefficient (Wildman–Crippen LogP) is 1.73. The topological polar surface area (TPSA) is 101 Å². The van der Waals surface area contributed by atoms with Crippen LogP contribution in [0.15, 0.2) is 35.8 Å². The van der Waals surface area contributed by atoms with Crippen LogP contribution < -0.4 is 4.74 Å². The standard InChI is InChI=1S/C12H12O6S/c1-8(2)12(14)18-10-5-3-4-9(11(10)13)6-7-19(15,16)17/h3-7,13H,1H2,2H3,(H,15,16,17). The Bertz CT molecular complexity index is 642. The number of aromatic hydroxyl groups is 1. The number of esters is 1. The Kier molecular flexibility index (Phi) is 4.47. The maximum absolute atomic E-state index is 11.3. The molecule has 0 aromatic heterocycles. The van der Waals surface area contributed by atoms with Crippen LogP contribution in [0.1, 0.15) is 12.5 Å². The molecule has 0 heterocycles. The van der Waals surface area contributed by atoms with E-state index >= 15 is 0 Å². The smallest absolute Gasteiger partial charge is 0.338 e. The molecule has 0 radical (unpaired) electrons. The number of ether oxygens (including phenoxy) is 1. The van der Waals surface area contributed by atoms with Crippen molar-refractivity contribution < 1.29 is 27.6 Å². The van der Waals surface area contributed by atoms with Gasteiger partial charge in [0.25, 0.3) is 10.1 Å². The summed E-state index contributed by atoms with van der Waals surface area (Å²) in [6, 6.07) is 4.17. The maximum atomic E-state index is 11.3. The summed E-state index contributed by atoms with van der Waals surface area (Å²) in [6.45, 7) is 4.84. The predicted molar refractivity (Wildman–Crippen MR) is 69.1 cm³/mol. The molecule has 0 saturated heterocycles. The fourth-order valence-corrected chi connectivity index (χ4v) is 1.42. The third-order valence-corrected chi connectivity index (χ3v) is 2.48. The van der Waals surface area contributed by atoms with Crippen LogP contribution in [0.2, 0.25) is 0 Å². The van der Waals surface area contributed by atoms with Crippen LogP contribution in [-0.4, -0.2) is 24.0 Å². The van der Waals surface area contributed by atoms with Crippen molar-refractivity contribution in [2.24, 2.45) is 0 Å². The van der Waals surface area contributed by atoms with Crippen molar-refractivity contribution in [1.82, 2.24) is 0 Å². The Morgan fingerprint density at radius 1 is 1.42 bits per heavy atom. The molecule has 0 saturated carbocycles. The molecule has 0 spiro atoms. The number of hydrogen-bond donors (Lipinski definition) is 2. The highest BCUT2D eigenvalue weighted by molar-refractivity contribution is 7.88. The molecule has 1 aromatic rings. The van der Waals surface area contributed by atoms with E-state index in [4.69, 9.17) is 9.29 Å². The highest BCUT2D eigenvalue weighted by Crippen LogP contribution is 2.31. The Balaban J connectivity index is 3.09. The van der Waals surface area contributed by atoms with Gasteiger partial charge in [0, 0.05) is 11.1 Å². The summed E-state index contributed by atoms with van der Waals surface area (Å²) < 4.78 is 34.5. The molecule has 1 aromatic carbocycles. The van der Waals surface area contributed by atoms with Gasteiger partial charge in [-0.2, -0.15) is 8.42 Å². The van der Waals surface area contributed by atoms with Gasteiger partial charge in [0.1, 0.15) is 0 Å². The van der Waals surface area contributed by atoms with Crippen LogP contribution in [0, 0.1) is 0 Å². The molecule has 0 aliphatic rings. The van der Waals surface area contributed by atoms with E-state index in [9.17, 15) is 18.3 Å². The molecule has 0 aliphatic heterocycles. The van der Waals surface area contributed by atoms with Gasteiger partial charge in [-0.05, 0) is 19.1 Å². The fourth-order valence-electron chi connectivity index (χ4n) is 1.10. The second-order valence-corrected chi connectivity index (χ2v) is 4.98. The van der Waals surface area contributed by atoms with Crippen molar-refractivity contribution in [1.29, 1.82) is 0 Å². The number of phenolic OH excluding ortho intramolecular Hbond substituents is 1. The van der Waals surface area contributed by atoms with Crippen LogP contribution >= 0.6 is 0 Å². The molecule has 0 amide bonds. The average molecular weight is 284 g/mol. The summed E-state index contributed by atoms with van der Waals surface area (Å²) in [5.41, 5.74) is 0.225. The fraction of sp³-hybridized carbons (Fsp3) is 0.0833. The van der Waals surface area contributed by atoms with Crippen LogP contribution in [-0.2, 0) is 14.9 Å². The lowest BCUT2D eigenvalue weighted by Crippen LogP contribution is -2.08. The van der Waals surface area contributed by atoms with Gasteiger partial charge in [0.15, 0.2) is 11.5 Å². The first kappa shape index (κ1) is 14.9. The summed E-state index contributed by atoms with van der Waals surface area (Å²) in [6.07, 6.45) is 0.975. The van der Waals surface area contributed by atoms with Crippen LogP contribution in [0.4, 0.5) is 0 Å². The normalized spacial score (nSPS) is 11.5. The molecular formula is C12H12O6S. The van der Waals surface area contributed by atoms with Crippen molar-refractivity contribution in [3.05, 3.63) is 41.3 Å². The minimum Gasteiger partial charge on any atom is -0.504 e. The molecule has 7 heteroatoms. The molecular weight excluding hydrogens is 272 g/mol. The summed E-state index contributed by atoms with van der Waals surface area (Å²) in [4.78, 5) is 11.3. The molecule has 0 bridgehead atoms. The van der Waals surface area contributed by atoms with Gasteiger partial charge in [-0.15, -0.1) is 0 Å². The van der Waals surface area contributed by atoms with Gasteiger partial charge < -0.3 is 9.84 Å². The summed E-state index contributed by atoms with van der Waals surface area (Å²) in [5, 5.41) is 10.3. The molecule has 102 valence electrons. The van der Waals surface area contributed by atoms with E-state index in [1.165, 1.54) is 25.1 Å². The monoisotopic (exact) mass is 284 g/mol. The maximum Gasteiger partial charge on any atom is 0.338 e. The Labute approximate surface area is 110 Å². The van der Waals surface area contributed by atoms with E-state index in [0.29, 0.717) is 5.41 Å². The number of benzene rings is 1. The Hall–Kier alpha value is -2.12. The third-order valence-electron chi connectivity index (χ3n) is 2.00. The van der Waals surface area contributed by atoms with E-state index in [0.717, 1.165) is 6.08 Å². The minimum atomic E-state index is -4.30. The number of carbonyl (C=O) groups is 1. The molecule has 2 N–H and O–H groups in total. The van der Waals surface area contributed by atoms with Gasteiger partial charge in [0.2, 0.25) is 0 Å². The van der Waals surface area contributed by atoms with E-state index < -0.39 is 21.8 Å². The van der Waals surface area contributed by atoms with Crippen molar-refractivity contribution in [2.75, 3.05) is 0 Å². The summed E-state index contributed by atoms with van der Waals surface area (Å²) >= 11 is 0. The quantitative estimate of drug-likeness (QED) is 0.378. The first-order chi connectivity index (χ1) is 8.70. The molecule has 0 atom stereocenters. The number of rotatable bonds is 4. The Morgan fingerprint density at radius 3 is 2.58 bits per heavy atom. The molecule has 0 fully saturated rings. The second-order valence-electron chi connectivity index (χ2n) is 3.68. The SMILES string of the molecule is C=C(C)C(=O)Oc1cccc(C=CS(=O)(=O)O)c1O. The highest BCUT2D eigenvalue weighted by atomic mass is 32.2. The lowest BCUT2D eigenvalue weighted by molar-refractivity contribution is -0.130. The zero-order valence-corrected chi connectivity index (χ0v) is 10.8. The summed E-state index contributed by atoms with van der Waals surface area (Å²) in [7, 11) is -4.30. The largest absolute Gasteiger partial charge is 0.504 e. The number of phenols is 1. The first-order valence-electron chi connectivity index (χ1n) is 5.06. The van der Waals surface area contributed by atoms with Crippen molar-refractivity contribution in [3.63, 3.8) is 0 Å². The van der Waals surface area contributed by atoms with Crippen molar-refractivity contribution in [3.8, 4) is 11.5 Å². The molecule has 6 nitrogen and oxygen atoms in total. The molecule has 1 rings (SSSR count). The summed E-state index contributed by atoms with van der Waals surface area (Å²) in [5.74, 6) is -1.27. The van der Waals surface area contributed by atoms with E-state index in [1.807, 2.05) is 0 Å². The third kappa shape index (κ3) is 4.57. The lowest BCUT2D eigenvalue weighted by Gasteiger charge is -2.07. The van der Waals surface area contributed by atoms with Crippen LogP contribution in [0.5, 0.6) is 11.5 Å². The minimum absolute atomic E-state index is 0.0737. The zero-order chi connectivity index (χ0) is 14.6. The van der Waals surface area contributed by atoms with E-state index in [2.05, 4.69) is 6.58 Å². The Morgan fingerprint density at radius 2 is 2.05 bits per heavy atom. The van der Waals surface area contributed by atoms with Gasteiger partial charge >= 0.3 is 5.97 Å². The number of carbonyl (C=O) groups excluding carboxylic acids is 1. The molecule has 19 heavy (non-hydrogen) atoms. The van der Waals surface area contributed by atoms with Crippen LogP contribution in [0.25, 0.3) is 6.08 Å². The average Bonchev–Trinajstić information content (AvgIpc) is 2.28. The van der Waals surface area contributed by atoms with Crippen LogP contribution in [0.3, 0.4) is 0 Å². The van der Waals surface area contributed by atoms with Crippen molar-refractivity contribution >= 4 is 22.2 Å². The second kappa shape index (κ2) is 5.68. The number of hydrogen-bond acceptors (Lipinski definition) is 5.